The van der Waals surface area contributed by atoms with Crippen LogP contribution in [0.2, 0.25) is 0 Å². The molecule has 3 heterocycles. The van der Waals surface area contributed by atoms with Gasteiger partial charge in [-0.2, -0.15) is 0 Å². The lowest BCUT2D eigenvalue weighted by molar-refractivity contribution is 0.0952. The van der Waals surface area contributed by atoms with E-state index in [1.54, 1.807) is 0 Å². The lowest BCUT2D eigenvalue weighted by Crippen LogP contribution is -2.44. The van der Waals surface area contributed by atoms with Crippen LogP contribution >= 0.6 is 0 Å². The second-order valence-corrected chi connectivity index (χ2v) is 11.4. The summed E-state index contributed by atoms with van der Waals surface area (Å²) in [4.78, 5) is 23.2. The smallest absolute Gasteiger partial charge is 0.252 e. The summed E-state index contributed by atoms with van der Waals surface area (Å²) in [5.74, 6) is 0.901. The molecule has 210 valence electrons. The average Bonchev–Trinajstić information content (AvgIpc) is 3.37. The van der Waals surface area contributed by atoms with Crippen molar-refractivity contribution in [2.24, 2.45) is 0 Å². The number of pyridine rings is 1. The molecule has 4 aromatic rings. The van der Waals surface area contributed by atoms with E-state index in [0.29, 0.717) is 12.1 Å². The van der Waals surface area contributed by atoms with Crippen molar-refractivity contribution in [3.8, 4) is 11.1 Å². The van der Waals surface area contributed by atoms with E-state index < -0.39 is 0 Å². The topological polar surface area (TPSA) is 79.4 Å². The summed E-state index contributed by atoms with van der Waals surface area (Å²) < 4.78 is 2.22. The van der Waals surface area contributed by atoms with Crippen molar-refractivity contribution in [1.29, 1.82) is 0 Å². The van der Waals surface area contributed by atoms with Gasteiger partial charge in [-0.15, -0.1) is 0 Å². The summed E-state index contributed by atoms with van der Waals surface area (Å²) in [6, 6.07) is 14.9. The van der Waals surface area contributed by atoms with Gasteiger partial charge in [-0.05, 0) is 92.9 Å². The SMILES string of the molecule is CCCc1cc(C)cc(N)c1CNC(=O)c1cc(-c2ccc(N3CCN(C)CC3)nc2)cc2c1ccn2C(C)C. The third-order valence-electron chi connectivity index (χ3n) is 8.01. The molecular weight excluding hydrogens is 496 g/mol. The molecule has 1 saturated heterocycles. The minimum absolute atomic E-state index is 0.0993. The first-order valence-electron chi connectivity index (χ1n) is 14.5. The molecule has 2 aromatic heterocycles. The molecule has 40 heavy (non-hydrogen) atoms. The van der Waals surface area contributed by atoms with Gasteiger partial charge in [0.25, 0.3) is 5.91 Å². The van der Waals surface area contributed by atoms with Gasteiger partial charge < -0.3 is 25.4 Å². The summed E-state index contributed by atoms with van der Waals surface area (Å²) in [5.41, 5.74) is 14.2. The number of carbonyl (C=O) groups is 1. The van der Waals surface area contributed by atoms with Gasteiger partial charge in [0.2, 0.25) is 0 Å². The zero-order valence-corrected chi connectivity index (χ0v) is 24.5. The Morgan fingerprint density at radius 3 is 2.50 bits per heavy atom. The molecule has 0 bridgehead atoms. The Kier molecular flexibility index (Phi) is 8.12. The van der Waals surface area contributed by atoms with Crippen LogP contribution in [0.3, 0.4) is 0 Å². The quantitative estimate of drug-likeness (QED) is 0.277. The summed E-state index contributed by atoms with van der Waals surface area (Å²) in [6.45, 7) is 13.0. The molecule has 2 aromatic carbocycles. The van der Waals surface area contributed by atoms with E-state index in [1.807, 2.05) is 24.4 Å². The molecule has 0 saturated carbocycles. The number of nitrogen functional groups attached to an aromatic ring is 1. The number of hydrogen-bond acceptors (Lipinski definition) is 5. The third-order valence-corrected chi connectivity index (χ3v) is 8.01. The van der Waals surface area contributed by atoms with Crippen molar-refractivity contribution in [2.75, 3.05) is 43.9 Å². The van der Waals surface area contributed by atoms with E-state index in [9.17, 15) is 4.79 Å². The normalized spacial score (nSPS) is 14.3. The highest BCUT2D eigenvalue weighted by molar-refractivity contribution is 6.08. The average molecular weight is 539 g/mol. The van der Waals surface area contributed by atoms with Crippen molar-refractivity contribution >= 4 is 28.3 Å². The maximum atomic E-state index is 13.7. The number of benzene rings is 2. The second kappa shape index (κ2) is 11.7. The highest BCUT2D eigenvalue weighted by atomic mass is 16.1. The first-order chi connectivity index (χ1) is 19.2. The Bertz CT molecular complexity index is 1500. The first kappa shape index (κ1) is 27.7. The highest BCUT2D eigenvalue weighted by Crippen LogP contribution is 2.31. The number of piperazine rings is 1. The van der Waals surface area contributed by atoms with Crippen LogP contribution in [0.15, 0.2) is 54.9 Å². The molecule has 1 aliphatic rings. The number of nitrogens with zero attached hydrogens (tertiary/aromatic N) is 4. The van der Waals surface area contributed by atoms with Crippen molar-refractivity contribution in [3.05, 3.63) is 77.1 Å². The molecular formula is C33H42N6O. The van der Waals surface area contributed by atoms with Gasteiger partial charge in [-0.1, -0.05) is 19.4 Å². The van der Waals surface area contributed by atoms with Gasteiger partial charge >= 0.3 is 0 Å². The van der Waals surface area contributed by atoms with Crippen LogP contribution in [0.25, 0.3) is 22.0 Å². The lowest BCUT2D eigenvalue weighted by atomic mass is 9.98. The molecule has 0 radical (unpaired) electrons. The van der Waals surface area contributed by atoms with Crippen molar-refractivity contribution in [1.82, 2.24) is 19.8 Å². The van der Waals surface area contributed by atoms with E-state index in [-0.39, 0.29) is 11.9 Å². The van der Waals surface area contributed by atoms with Gasteiger partial charge in [-0.25, -0.2) is 4.98 Å². The van der Waals surface area contributed by atoms with Crippen LogP contribution in [-0.4, -0.2) is 53.6 Å². The van der Waals surface area contributed by atoms with E-state index in [1.165, 1.54) is 5.56 Å². The minimum atomic E-state index is -0.0993. The van der Waals surface area contributed by atoms with Crippen molar-refractivity contribution < 1.29 is 4.79 Å². The number of aromatic nitrogens is 2. The molecule has 3 N–H and O–H groups in total. The molecule has 0 atom stereocenters. The van der Waals surface area contributed by atoms with E-state index in [2.05, 4.69) is 84.9 Å². The molecule has 5 rings (SSSR count). The maximum Gasteiger partial charge on any atom is 0.252 e. The summed E-state index contributed by atoms with van der Waals surface area (Å²) in [7, 11) is 2.16. The molecule has 0 spiro atoms. The fraction of sp³-hybridized carbons (Fsp3) is 0.394. The predicted molar refractivity (Wildman–Crippen MR) is 166 cm³/mol. The summed E-state index contributed by atoms with van der Waals surface area (Å²) in [5, 5.41) is 4.13. The molecule has 1 aliphatic heterocycles. The fourth-order valence-corrected chi connectivity index (χ4v) is 5.74. The maximum absolute atomic E-state index is 13.7. The fourth-order valence-electron chi connectivity index (χ4n) is 5.74. The molecule has 0 unspecified atom stereocenters. The number of likely N-dealkylation sites (N-methyl/N-ethyl adjacent to an activating group) is 1. The predicted octanol–water partition coefficient (Wildman–Crippen LogP) is 5.81. The van der Waals surface area contributed by atoms with E-state index >= 15 is 0 Å². The standard InChI is InChI=1S/C33H42N6O/c1-6-7-24-16-23(4)17-30(34)29(24)21-36-33(40)28-18-26(19-31-27(28)10-11-39(31)22(2)3)25-8-9-32(35-20-25)38-14-12-37(5)13-15-38/h8-11,16-20,22H,6-7,12-15,21,34H2,1-5H3,(H,36,40). The number of aryl methyl sites for hydroxylation is 2. The lowest BCUT2D eigenvalue weighted by Gasteiger charge is -2.33. The molecule has 0 aliphatic carbocycles. The largest absolute Gasteiger partial charge is 0.398 e. The Morgan fingerprint density at radius 2 is 1.82 bits per heavy atom. The number of carbonyl (C=O) groups excluding carboxylic acids is 1. The zero-order valence-electron chi connectivity index (χ0n) is 24.5. The molecule has 7 heteroatoms. The molecule has 7 nitrogen and oxygen atoms in total. The van der Waals surface area contributed by atoms with Gasteiger partial charge in [0.05, 0.1) is 0 Å². The zero-order chi connectivity index (χ0) is 28.4. The Labute approximate surface area is 238 Å². The van der Waals surface area contributed by atoms with Crippen LogP contribution in [0, 0.1) is 6.92 Å². The number of anilines is 2. The van der Waals surface area contributed by atoms with E-state index in [0.717, 1.165) is 83.7 Å². The number of nitrogens with one attached hydrogen (secondary N) is 1. The number of amides is 1. The van der Waals surface area contributed by atoms with Gasteiger partial charge in [0.15, 0.2) is 0 Å². The first-order valence-corrected chi connectivity index (χ1v) is 14.5. The van der Waals surface area contributed by atoms with Crippen molar-refractivity contribution in [3.63, 3.8) is 0 Å². The Morgan fingerprint density at radius 1 is 1.05 bits per heavy atom. The van der Waals surface area contributed by atoms with Gasteiger partial charge in [0, 0.05) is 78.9 Å². The third kappa shape index (κ3) is 5.70. The van der Waals surface area contributed by atoms with E-state index in [4.69, 9.17) is 10.7 Å². The van der Waals surface area contributed by atoms with Crippen LogP contribution < -0.4 is 16.0 Å². The van der Waals surface area contributed by atoms with Crippen LogP contribution in [0.4, 0.5) is 11.5 Å². The van der Waals surface area contributed by atoms with Crippen LogP contribution in [0.1, 0.15) is 60.3 Å². The molecule has 1 fully saturated rings. The minimum Gasteiger partial charge on any atom is -0.398 e. The second-order valence-electron chi connectivity index (χ2n) is 11.4. The number of rotatable bonds is 8. The number of nitrogens with two attached hydrogens (primary N) is 1. The summed E-state index contributed by atoms with van der Waals surface area (Å²) in [6.07, 6.45) is 5.97. The summed E-state index contributed by atoms with van der Waals surface area (Å²) >= 11 is 0. The van der Waals surface area contributed by atoms with Crippen LogP contribution in [0.5, 0.6) is 0 Å². The number of fused-ring (bicyclic) bond motifs is 1. The highest BCUT2D eigenvalue weighted by Gasteiger charge is 2.19. The van der Waals surface area contributed by atoms with Gasteiger partial charge in [0.1, 0.15) is 5.82 Å². The Balaban J connectivity index is 1.47. The molecule has 1 amide bonds. The van der Waals surface area contributed by atoms with Crippen molar-refractivity contribution in [2.45, 2.75) is 53.1 Å². The van der Waals surface area contributed by atoms with Crippen LogP contribution in [-0.2, 0) is 13.0 Å². The Hall–Kier alpha value is -3.84. The van der Waals surface area contributed by atoms with Gasteiger partial charge in [-0.3, -0.25) is 4.79 Å². The monoisotopic (exact) mass is 538 g/mol. The number of hydrogen-bond donors (Lipinski definition) is 2.